The van der Waals surface area contributed by atoms with Crippen LogP contribution < -0.4 is 5.32 Å². The van der Waals surface area contributed by atoms with Crippen LogP contribution >= 0.6 is 11.3 Å². The molecule has 198 valence electrons. The maximum absolute atomic E-state index is 13.4. The summed E-state index contributed by atoms with van der Waals surface area (Å²) in [6, 6.07) is 10.8. The van der Waals surface area contributed by atoms with Crippen LogP contribution in [0, 0.1) is 5.92 Å². The Bertz CT molecular complexity index is 1810. The third-order valence-corrected chi connectivity index (χ3v) is 8.68. The fourth-order valence-electron chi connectivity index (χ4n) is 6.40. The molecule has 3 aromatic heterocycles. The number of oxime groups is 1. The van der Waals surface area contributed by atoms with Gasteiger partial charge in [0.15, 0.2) is 0 Å². The highest BCUT2D eigenvalue weighted by atomic mass is 32.1. The molecular formula is C31H31N5O2S. The van der Waals surface area contributed by atoms with Gasteiger partial charge in [0.05, 0.1) is 21.7 Å². The van der Waals surface area contributed by atoms with E-state index < -0.39 is 0 Å². The van der Waals surface area contributed by atoms with Crippen molar-refractivity contribution in [1.82, 2.24) is 19.7 Å². The third kappa shape index (κ3) is 3.65. The van der Waals surface area contributed by atoms with E-state index in [1.165, 1.54) is 22.0 Å². The zero-order valence-electron chi connectivity index (χ0n) is 22.7. The van der Waals surface area contributed by atoms with E-state index in [9.17, 15) is 4.79 Å². The third-order valence-electron chi connectivity index (χ3n) is 7.80. The van der Waals surface area contributed by atoms with Gasteiger partial charge in [0.25, 0.3) is 5.91 Å². The fourth-order valence-corrected chi connectivity index (χ4v) is 7.13. The first-order valence-corrected chi connectivity index (χ1v) is 14.5. The summed E-state index contributed by atoms with van der Waals surface area (Å²) in [6.45, 7) is 8.41. The van der Waals surface area contributed by atoms with E-state index in [2.05, 4.69) is 64.7 Å². The van der Waals surface area contributed by atoms with Crippen LogP contribution in [0.25, 0.3) is 32.9 Å². The first-order valence-electron chi connectivity index (χ1n) is 13.6. The number of hydrogen-bond acceptors (Lipinski definition) is 5. The number of nitrogens with zero attached hydrogens (tertiary/aromatic N) is 4. The second-order valence-electron chi connectivity index (χ2n) is 10.8. The summed E-state index contributed by atoms with van der Waals surface area (Å²) >= 11 is 1.65. The average molecular weight is 538 g/mol. The van der Waals surface area contributed by atoms with Gasteiger partial charge in [-0.05, 0) is 60.4 Å². The molecule has 7 rings (SSSR count). The van der Waals surface area contributed by atoms with Gasteiger partial charge in [0.2, 0.25) is 0 Å². The van der Waals surface area contributed by atoms with Crippen molar-refractivity contribution in [3.05, 3.63) is 74.7 Å². The van der Waals surface area contributed by atoms with Crippen molar-refractivity contribution in [1.29, 1.82) is 0 Å². The number of thiophene rings is 1. The van der Waals surface area contributed by atoms with Crippen LogP contribution in [-0.2, 0) is 37.8 Å². The van der Waals surface area contributed by atoms with E-state index >= 15 is 0 Å². The minimum Gasteiger partial charge on any atom is -0.396 e. The molecule has 0 spiro atoms. The van der Waals surface area contributed by atoms with Gasteiger partial charge in [-0.3, -0.25) is 9.48 Å². The van der Waals surface area contributed by atoms with Gasteiger partial charge in [0, 0.05) is 59.3 Å². The standard InChI is InChI=1S/C31H31N5O2S/c1-5-38-34-29(25-7-6-12-39-25)18-8-11-24-20(13-18)27-21-14-32-31(37)28(21)26-19(30(27)36(24)15-17(2)3)9-10-23-22(26)16-35(4)33-23/h6-8,11-13,16-17H,5,9-10,14-15H2,1-4H3,(H,32,37). The molecule has 0 radical (unpaired) electrons. The number of rotatable bonds is 6. The van der Waals surface area contributed by atoms with Gasteiger partial charge in [-0.25, -0.2) is 0 Å². The lowest BCUT2D eigenvalue weighted by molar-refractivity contribution is 0.0966. The van der Waals surface area contributed by atoms with Gasteiger partial charge in [-0.1, -0.05) is 31.1 Å². The smallest absolute Gasteiger partial charge is 0.252 e. The number of carbonyl (C=O) groups excluding carboxylic acids is 1. The summed E-state index contributed by atoms with van der Waals surface area (Å²) in [4.78, 5) is 20.0. The van der Waals surface area contributed by atoms with Crippen LogP contribution in [0.5, 0.6) is 0 Å². The van der Waals surface area contributed by atoms with Crippen LogP contribution in [0.3, 0.4) is 0 Å². The molecule has 2 aliphatic rings. The van der Waals surface area contributed by atoms with Crippen LogP contribution in [-0.4, -0.2) is 32.6 Å². The number of hydrogen-bond donors (Lipinski definition) is 1. The number of fused-ring (bicyclic) bond motifs is 10. The Balaban J connectivity index is 1.59. The summed E-state index contributed by atoms with van der Waals surface area (Å²) in [7, 11) is 1.96. The fraction of sp³-hybridized carbons (Fsp3) is 0.323. The highest BCUT2D eigenvalue weighted by molar-refractivity contribution is 7.12. The zero-order valence-corrected chi connectivity index (χ0v) is 23.5. The number of benzene rings is 2. The van der Waals surface area contributed by atoms with Gasteiger partial charge in [-0.15, -0.1) is 11.3 Å². The number of amides is 1. The number of carbonyl (C=O) groups is 1. The minimum absolute atomic E-state index is 0.0120. The molecule has 7 nitrogen and oxygen atoms in total. The molecule has 1 N–H and O–H groups in total. The van der Waals surface area contributed by atoms with E-state index in [1.54, 1.807) is 11.3 Å². The summed E-state index contributed by atoms with van der Waals surface area (Å²) in [6.07, 6.45) is 3.82. The van der Waals surface area contributed by atoms with Gasteiger partial charge < -0.3 is 14.7 Å². The second-order valence-corrected chi connectivity index (χ2v) is 11.8. The Hall–Kier alpha value is -3.91. The molecule has 0 saturated carbocycles. The molecule has 1 aliphatic carbocycles. The summed E-state index contributed by atoms with van der Waals surface area (Å²) in [5.41, 5.74) is 10.7. The van der Waals surface area contributed by atoms with Gasteiger partial charge in [0.1, 0.15) is 12.3 Å². The van der Waals surface area contributed by atoms with Crippen molar-refractivity contribution in [2.24, 2.45) is 18.1 Å². The largest absolute Gasteiger partial charge is 0.396 e. The van der Waals surface area contributed by atoms with Crippen molar-refractivity contribution in [2.45, 2.75) is 46.7 Å². The molecule has 1 amide bonds. The van der Waals surface area contributed by atoms with E-state index in [1.807, 2.05) is 24.7 Å². The number of aryl methyl sites for hydroxylation is 3. The van der Waals surface area contributed by atoms with E-state index in [0.717, 1.165) is 68.9 Å². The molecule has 1 aliphatic heterocycles. The Morgan fingerprint density at radius 2 is 2.08 bits per heavy atom. The molecular weight excluding hydrogens is 506 g/mol. The average Bonchev–Trinajstić information content (AvgIpc) is 3.70. The monoisotopic (exact) mass is 537 g/mol. The molecule has 2 aromatic carbocycles. The molecule has 39 heavy (non-hydrogen) atoms. The normalized spacial score (nSPS) is 14.7. The van der Waals surface area contributed by atoms with Crippen LogP contribution in [0.1, 0.15) is 58.4 Å². The molecule has 0 saturated heterocycles. The molecule has 0 bridgehead atoms. The van der Waals surface area contributed by atoms with E-state index in [4.69, 9.17) is 9.94 Å². The summed E-state index contributed by atoms with van der Waals surface area (Å²) < 4.78 is 4.37. The van der Waals surface area contributed by atoms with Crippen LogP contribution in [0.4, 0.5) is 0 Å². The Morgan fingerprint density at radius 1 is 1.21 bits per heavy atom. The Morgan fingerprint density at radius 3 is 2.85 bits per heavy atom. The predicted octanol–water partition coefficient (Wildman–Crippen LogP) is 6.04. The molecule has 0 fully saturated rings. The van der Waals surface area contributed by atoms with Crippen LogP contribution in [0.2, 0.25) is 0 Å². The lowest BCUT2D eigenvalue weighted by Crippen LogP contribution is -2.15. The molecule has 0 atom stereocenters. The van der Waals surface area contributed by atoms with Crippen molar-refractivity contribution in [2.75, 3.05) is 6.61 Å². The first-order chi connectivity index (χ1) is 19.0. The van der Waals surface area contributed by atoms with Crippen LogP contribution in [0.15, 0.2) is 47.1 Å². The van der Waals surface area contributed by atoms with Crippen molar-refractivity contribution in [3.63, 3.8) is 0 Å². The summed E-state index contributed by atoms with van der Waals surface area (Å²) in [5, 5.41) is 16.8. The maximum atomic E-state index is 13.4. The van der Waals surface area contributed by atoms with Gasteiger partial charge in [-0.2, -0.15) is 5.10 Å². The molecule has 0 unspecified atom stereocenters. The van der Waals surface area contributed by atoms with Crippen molar-refractivity contribution in [3.8, 4) is 11.1 Å². The lowest BCUT2D eigenvalue weighted by Gasteiger charge is -2.22. The van der Waals surface area contributed by atoms with E-state index in [-0.39, 0.29) is 5.91 Å². The zero-order chi connectivity index (χ0) is 26.8. The van der Waals surface area contributed by atoms with E-state index in [0.29, 0.717) is 19.1 Å². The molecule has 5 aromatic rings. The molecule has 8 heteroatoms. The Kier molecular flexibility index (Phi) is 5.63. The topological polar surface area (TPSA) is 73.4 Å². The minimum atomic E-state index is 0.0120. The summed E-state index contributed by atoms with van der Waals surface area (Å²) in [5.74, 6) is 0.476. The number of nitrogens with one attached hydrogen (secondary N) is 1. The predicted molar refractivity (Wildman–Crippen MR) is 157 cm³/mol. The number of aromatic nitrogens is 3. The molecule has 4 heterocycles. The highest BCUT2D eigenvalue weighted by Crippen LogP contribution is 2.47. The Labute approximate surface area is 231 Å². The van der Waals surface area contributed by atoms with Gasteiger partial charge >= 0.3 is 0 Å². The lowest BCUT2D eigenvalue weighted by atomic mass is 9.82. The first kappa shape index (κ1) is 24.2. The maximum Gasteiger partial charge on any atom is 0.252 e. The quantitative estimate of drug-likeness (QED) is 0.212. The SMILES string of the molecule is CCON=C(c1ccc2c(c1)c1c3c(c4c(c1n2CC(C)C)CCc1nn(C)cc1-4)C(=O)NC3)c1cccs1. The highest BCUT2D eigenvalue weighted by Gasteiger charge is 2.35. The van der Waals surface area contributed by atoms with Crippen molar-refractivity contribution >= 4 is 44.8 Å². The van der Waals surface area contributed by atoms with Crippen molar-refractivity contribution < 1.29 is 9.63 Å². The second kappa shape index (κ2) is 9.09.